The monoisotopic (exact) mass is 733 g/mol. The van der Waals surface area contributed by atoms with E-state index in [1.807, 2.05) is 47.8 Å². The summed E-state index contributed by atoms with van der Waals surface area (Å²) in [4.78, 5) is 84.9. The first-order chi connectivity index (χ1) is 23.7. The molecule has 2 fully saturated rings. The number of nitrogens with two attached hydrogens (primary N) is 3. The number of hydrogen-bond donors (Lipinski definition) is 7. The summed E-state index contributed by atoms with van der Waals surface area (Å²) in [5.74, 6) is -4.79. The highest BCUT2D eigenvalue weighted by Crippen LogP contribution is 2.38. The van der Waals surface area contributed by atoms with E-state index < -0.39 is 78.5 Å². The number of benzene rings is 1. The summed E-state index contributed by atoms with van der Waals surface area (Å²) in [6.45, 7) is 5.41. The van der Waals surface area contributed by atoms with E-state index in [1.54, 1.807) is 13.8 Å². The molecule has 1 aromatic carbocycles. The molecule has 0 spiro atoms. The molecule has 2 aliphatic rings. The lowest BCUT2D eigenvalue weighted by molar-refractivity contribution is -0.144. The Bertz CT molecular complexity index is 1420. The summed E-state index contributed by atoms with van der Waals surface area (Å²) in [6.07, 6.45) is 1.83. The Kier molecular flexibility index (Phi) is 15.7. The smallest absolute Gasteiger partial charge is 0.245 e. The third kappa shape index (κ3) is 12.4. The van der Waals surface area contributed by atoms with E-state index in [0.29, 0.717) is 16.9 Å². The fourth-order valence-electron chi connectivity index (χ4n) is 6.01. The number of nitrogens with zero attached hydrogens (tertiary/aromatic N) is 2. The zero-order valence-corrected chi connectivity index (χ0v) is 30.7. The van der Waals surface area contributed by atoms with E-state index in [9.17, 15) is 28.8 Å². The topological polar surface area (TPSA) is 244 Å². The van der Waals surface area contributed by atoms with Gasteiger partial charge in [0.25, 0.3) is 0 Å². The van der Waals surface area contributed by atoms with Crippen molar-refractivity contribution in [3.05, 3.63) is 35.4 Å². The summed E-state index contributed by atoms with van der Waals surface area (Å²) in [7, 11) is 1.47. The predicted octanol–water partition coefficient (Wildman–Crippen LogP) is -0.647. The van der Waals surface area contributed by atoms with Crippen LogP contribution in [0.2, 0.25) is 0 Å². The number of carbonyl (C=O) groups excluding carboxylic acids is 6. The van der Waals surface area contributed by atoms with Crippen LogP contribution in [0.15, 0.2) is 29.3 Å². The molecule has 0 radical (unpaired) electrons. The third-order valence-corrected chi connectivity index (χ3v) is 11.8. The van der Waals surface area contributed by atoms with Gasteiger partial charge in [-0.15, -0.1) is 23.5 Å². The molecule has 0 bridgehead atoms. The average molecular weight is 734 g/mol. The van der Waals surface area contributed by atoms with Crippen LogP contribution in [-0.4, -0.2) is 106 Å². The molecule has 3 rings (SSSR count). The van der Waals surface area contributed by atoms with Crippen molar-refractivity contribution in [2.24, 2.45) is 28.1 Å². The standard InChI is InChI=1S/C33H51N9O6S2/c1-18(2)28-31(47)40-22(9-6-12-37-33(35)36)29(45)38-16-27(44)39-23(15-26(34)43)30(46)41-24(32(48)42(28)4)14-21-8-5-7-20(13-21)10-11-25-19(3)49-17-50-25/h5,7-8,13,18-19,22-25,28H,6,9-12,14-17H2,1-4H3,(H2,34,43)(H,38,45)(H,39,44)(H,40,47)(H,41,46)(H4,35,36,37)/t19-,22+,23+,24-,25?,28+/m1/s1. The van der Waals surface area contributed by atoms with Crippen molar-refractivity contribution in [1.29, 1.82) is 0 Å². The van der Waals surface area contributed by atoms with Gasteiger partial charge < -0.3 is 43.4 Å². The highest BCUT2D eigenvalue weighted by atomic mass is 32.2. The number of aliphatic imine (C=N–C) groups is 1. The molecule has 1 aromatic rings. The normalized spacial score (nSPS) is 25.5. The van der Waals surface area contributed by atoms with Crippen molar-refractivity contribution in [3.63, 3.8) is 0 Å². The molecule has 50 heavy (non-hydrogen) atoms. The van der Waals surface area contributed by atoms with E-state index in [-0.39, 0.29) is 25.3 Å². The number of thioether (sulfide) groups is 2. The van der Waals surface area contributed by atoms with E-state index in [2.05, 4.69) is 33.2 Å². The van der Waals surface area contributed by atoms with Crippen LogP contribution in [-0.2, 0) is 41.6 Å². The molecule has 6 amide bonds. The number of guanidine groups is 1. The fraction of sp³-hybridized carbons (Fsp3) is 0.606. The lowest BCUT2D eigenvalue weighted by Crippen LogP contribution is -2.59. The highest BCUT2D eigenvalue weighted by molar-refractivity contribution is 8.19. The number of amides is 6. The molecule has 2 saturated heterocycles. The van der Waals surface area contributed by atoms with Crippen molar-refractivity contribution in [3.8, 4) is 0 Å². The Balaban J connectivity index is 1.95. The largest absolute Gasteiger partial charge is 0.370 e. The molecule has 0 aromatic heterocycles. The Morgan fingerprint density at radius 1 is 0.940 bits per heavy atom. The van der Waals surface area contributed by atoms with Crippen molar-refractivity contribution in [2.75, 3.05) is 25.2 Å². The number of nitrogens with one attached hydrogen (secondary N) is 4. The van der Waals surface area contributed by atoms with Gasteiger partial charge in [-0.1, -0.05) is 45.0 Å². The lowest BCUT2D eigenvalue weighted by atomic mass is 9.97. The number of likely N-dealkylation sites (N-methyl/N-ethyl adjacent to an activating group) is 1. The third-order valence-electron chi connectivity index (χ3n) is 8.62. The number of primary amides is 1. The van der Waals surface area contributed by atoms with Crippen LogP contribution in [0.4, 0.5) is 0 Å². The molecule has 17 heteroatoms. The van der Waals surface area contributed by atoms with Gasteiger partial charge in [0.1, 0.15) is 24.2 Å². The molecule has 15 nitrogen and oxygen atoms in total. The second kappa shape index (κ2) is 19.4. The maximum atomic E-state index is 14.3. The summed E-state index contributed by atoms with van der Waals surface area (Å²) in [5.41, 5.74) is 18.1. The molecule has 276 valence electrons. The Labute approximate surface area is 301 Å². The van der Waals surface area contributed by atoms with Gasteiger partial charge in [0.2, 0.25) is 35.4 Å². The van der Waals surface area contributed by atoms with Crippen LogP contribution in [0.5, 0.6) is 0 Å². The van der Waals surface area contributed by atoms with Gasteiger partial charge in [0.05, 0.1) is 13.0 Å². The molecular weight excluding hydrogens is 683 g/mol. The van der Waals surface area contributed by atoms with Crippen molar-refractivity contribution >= 4 is 64.9 Å². The van der Waals surface area contributed by atoms with Crippen LogP contribution in [0.1, 0.15) is 57.6 Å². The summed E-state index contributed by atoms with van der Waals surface area (Å²) < 4.78 is 0. The van der Waals surface area contributed by atoms with Crippen LogP contribution >= 0.6 is 23.5 Å². The Hall–Kier alpha value is -3.99. The maximum Gasteiger partial charge on any atom is 0.245 e. The molecule has 1 unspecified atom stereocenters. The van der Waals surface area contributed by atoms with E-state index in [1.165, 1.54) is 11.9 Å². The minimum Gasteiger partial charge on any atom is -0.370 e. The number of hydrogen-bond acceptors (Lipinski definition) is 9. The molecule has 0 saturated carbocycles. The van der Waals surface area contributed by atoms with Crippen molar-refractivity contribution in [2.45, 2.75) is 94.0 Å². The predicted molar refractivity (Wildman–Crippen MR) is 196 cm³/mol. The molecule has 2 heterocycles. The summed E-state index contributed by atoms with van der Waals surface area (Å²) in [5, 5.41) is 12.6. The minimum absolute atomic E-state index is 0.0737. The molecule has 10 N–H and O–H groups in total. The first kappa shape index (κ1) is 40.4. The number of rotatable bonds is 12. The quantitative estimate of drug-likeness (QED) is 0.0813. The van der Waals surface area contributed by atoms with Gasteiger partial charge in [-0.05, 0) is 42.7 Å². The second-order valence-corrected chi connectivity index (χ2v) is 15.9. The minimum atomic E-state index is -1.42. The molecule has 6 atom stereocenters. The van der Waals surface area contributed by atoms with Gasteiger partial charge >= 0.3 is 0 Å². The fourth-order valence-corrected chi connectivity index (χ4v) is 9.26. The van der Waals surface area contributed by atoms with Crippen LogP contribution in [0.25, 0.3) is 0 Å². The summed E-state index contributed by atoms with van der Waals surface area (Å²) >= 11 is 3.92. The van der Waals surface area contributed by atoms with E-state index in [0.717, 1.165) is 29.1 Å². The van der Waals surface area contributed by atoms with Gasteiger partial charge in [-0.2, -0.15) is 0 Å². The van der Waals surface area contributed by atoms with Crippen LogP contribution < -0.4 is 38.5 Å². The number of aryl methyl sites for hydroxylation is 1. The second-order valence-electron chi connectivity index (χ2n) is 13.0. The van der Waals surface area contributed by atoms with Crippen LogP contribution in [0.3, 0.4) is 0 Å². The van der Waals surface area contributed by atoms with Gasteiger partial charge in [-0.3, -0.25) is 33.8 Å². The van der Waals surface area contributed by atoms with Gasteiger partial charge in [0, 0.05) is 35.6 Å². The zero-order valence-electron chi connectivity index (χ0n) is 29.1. The average Bonchev–Trinajstić information content (AvgIpc) is 3.46. The maximum absolute atomic E-state index is 14.3. The zero-order chi connectivity index (χ0) is 37.0. The van der Waals surface area contributed by atoms with Gasteiger partial charge in [0.15, 0.2) is 5.96 Å². The first-order valence-corrected chi connectivity index (χ1v) is 18.8. The first-order valence-electron chi connectivity index (χ1n) is 16.7. The van der Waals surface area contributed by atoms with Crippen molar-refractivity contribution < 1.29 is 28.8 Å². The summed E-state index contributed by atoms with van der Waals surface area (Å²) in [6, 6.07) is 3.09. The molecule has 2 aliphatic heterocycles. The molecular formula is C33H51N9O6S2. The van der Waals surface area contributed by atoms with Crippen LogP contribution in [0, 0.1) is 5.92 Å². The Morgan fingerprint density at radius 2 is 1.64 bits per heavy atom. The van der Waals surface area contributed by atoms with E-state index >= 15 is 0 Å². The SMILES string of the molecule is CC(C)[C@H]1C(=O)N[C@@H](CCCN=C(N)N)C(=O)NCC(=O)N[C@@H](CC(N)=O)C(=O)N[C@H](Cc2cccc(CCC3SCS[C@@H]3C)c2)C(=O)N1C. The van der Waals surface area contributed by atoms with Gasteiger partial charge in [-0.25, -0.2) is 0 Å². The Morgan fingerprint density at radius 3 is 2.28 bits per heavy atom. The number of carbonyl (C=O) groups is 6. The van der Waals surface area contributed by atoms with Crippen molar-refractivity contribution in [1.82, 2.24) is 26.2 Å². The highest BCUT2D eigenvalue weighted by Gasteiger charge is 2.37. The molecule has 0 aliphatic carbocycles. The lowest BCUT2D eigenvalue weighted by Gasteiger charge is -2.34. The van der Waals surface area contributed by atoms with E-state index in [4.69, 9.17) is 17.2 Å².